The van der Waals surface area contributed by atoms with E-state index in [-0.39, 0.29) is 23.8 Å². The second-order valence-electron chi connectivity index (χ2n) is 5.39. The number of nitrogens with one attached hydrogen (secondary N) is 1. The molecule has 1 N–H and O–H groups in total. The lowest BCUT2D eigenvalue weighted by Gasteiger charge is -2.32. The van der Waals surface area contributed by atoms with Gasteiger partial charge in [-0.15, -0.1) is 0 Å². The summed E-state index contributed by atoms with van der Waals surface area (Å²) < 4.78 is 33.4. The molecule has 0 aliphatic carbocycles. The van der Waals surface area contributed by atoms with Crippen molar-refractivity contribution in [2.24, 2.45) is 0 Å². The van der Waals surface area contributed by atoms with Crippen molar-refractivity contribution in [1.82, 2.24) is 5.32 Å². The van der Waals surface area contributed by atoms with Gasteiger partial charge in [-0.25, -0.2) is 8.78 Å². The van der Waals surface area contributed by atoms with Crippen LogP contribution < -0.4 is 10.1 Å². The maximum atomic E-state index is 14.1. The Morgan fingerprint density at radius 1 is 1.10 bits per heavy atom. The molecular weight excluding hydrogens is 272 g/mol. The molecule has 0 radical (unpaired) electrons. The second-order valence-corrected chi connectivity index (χ2v) is 5.39. The zero-order valence-corrected chi connectivity index (χ0v) is 12.0. The third-order valence-corrected chi connectivity index (χ3v) is 3.91. The molecule has 2 nitrogen and oxygen atoms in total. The van der Waals surface area contributed by atoms with Crippen molar-refractivity contribution in [1.29, 1.82) is 0 Å². The highest BCUT2D eigenvalue weighted by Crippen LogP contribution is 2.41. The highest BCUT2D eigenvalue weighted by Gasteiger charge is 2.30. The highest BCUT2D eigenvalue weighted by molar-refractivity contribution is 5.40. The number of hydrogen-bond acceptors (Lipinski definition) is 2. The molecule has 1 heterocycles. The van der Waals surface area contributed by atoms with E-state index >= 15 is 0 Å². The lowest BCUT2D eigenvalue weighted by molar-refractivity contribution is 0.149. The van der Waals surface area contributed by atoms with Gasteiger partial charge >= 0.3 is 0 Å². The molecule has 2 aromatic carbocycles. The van der Waals surface area contributed by atoms with Crippen LogP contribution in [0.25, 0.3) is 0 Å². The first kappa shape index (κ1) is 14.0. The lowest BCUT2D eigenvalue weighted by Crippen LogP contribution is -2.27. The largest absolute Gasteiger partial charge is 0.485 e. The first-order chi connectivity index (χ1) is 10.1. The van der Waals surface area contributed by atoms with Gasteiger partial charge in [-0.05, 0) is 44.3 Å². The van der Waals surface area contributed by atoms with Gasteiger partial charge in [0.25, 0.3) is 0 Å². The summed E-state index contributed by atoms with van der Waals surface area (Å²) in [4.78, 5) is 0. The zero-order chi connectivity index (χ0) is 15.0. The van der Waals surface area contributed by atoms with Crippen LogP contribution >= 0.6 is 0 Å². The summed E-state index contributed by atoms with van der Waals surface area (Å²) in [6.07, 6.45) is 0.188. The van der Waals surface area contributed by atoms with E-state index in [0.717, 1.165) is 11.1 Å². The quantitative estimate of drug-likeness (QED) is 0.900. The SMILES string of the molecule is CNC1CC(c2cc(C)ccc2F)Oc2ccc(F)cc21. The molecule has 21 heavy (non-hydrogen) atoms. The number of aryl methyl sites for hydroxylation is 1. The summed E-state index contributed by atoms with van der Waals surface area (Å²) >= 11 is 0. The molecule has 2 atom stereocenters. The highest BCUT2D eigenvalue weighted by atomic mass is 19.1. The Labute approximate surface area is 122 Å². The Bertz CT molecular complexity index is 672. The number of rotatable bonds is 2. The molecular formula is C17H17F2NO. The van der Waals surface area contributed by atoms with Gasteiger partial charge in [0.15, 0.2) is 0 Å². The number of hydrogen-bond donors (Lipinski definition) is 1. The third-order valence-electron chi connectivity index (χ3n) is 3.91. The molecule has 0 fully saturated rings. The van der Waals surface area contributed by atoms with Gasteiger partial charge in [-0.3, -0.25) is 0 Å². The molecule has 2 aromatic rings. The Kier molecular flexibility index (Phi) is 3.64. The van der Waals surface area contributed by atoms with Crippen molar-refractivity contribution in [2.45, 2.75) is 25.5 Å². The van der Waals surface area contributed by atoms with Gasteiger partial charge in [0, 0.05) is 23.6 Å². The predicted molar refractivity (Wildman–Crippen MR) is 77.3 cm³/mol. The smallest absolute Gasteiger partial charge is 0.130 e. The first-order valence-electron chi connectivity index (χ1n) is 6.98. The monoisotopic (exact) mass is 289 g/mol. The van der Waals surface area contributed by atoms with Crippen LogP contribution in [0.1, 0.15) is 35.3 Å². The van der Waals surface area contributed by atoms with Crippen molar-refractivity contribution in [3.63, 3.8) is 0 Å². The first-order valence-corrected chi connectivity index (χ1v) is 6.98. The van der Waals surface area contributed by atoms with Crippen LogP contribution in [0.3, 0.4) is 0 Å². The number of fused-ring (bicyclic) bond motifs is 1. The molecule has 110 valence electrons. The van der Waals surface area contributed by atoms with E-state index in [1.807, 2.05) is 14.0 Å². The summed E-state index contributed by atoms with van der Waals surface area (Å²) in [5.74, 6) is 0.0386. The molecule has 0 saturated carbocycles. The fourth-order valence-electron chi connectivity index (χ4n) is 2.82. The van der Waals surface area contributed by atoms with Gasteiger partial charge in [0.05, 0.1) is 0 Å². The molecule has 4 heteroatoms. The van der Waals surface area contributed by atoms with E-state index in [2.05, 4.69) is 5.32 Å². The van der Waals surface area contributed by atoms with E-state index in [1.165, 1.54) is 18.2 Å². The standard InChI is InChI=1S/C17H17F2NO/c1-10-3-5-14(19)12(7-10)17-9-15(20-2)13-8-11(18)4-6-16(13)21-17/h3-8,15,17,20H,9H2,1-2H3. The molecule has 3 rings (SSSR count). The Morgan fingerprint density at radius 3 is 2.67 bits per heavy atom. The minimum Gasteiger partial charge on any atom is -0.485 e. The molecule has 0 amide bonds. The Balaban J connectivity index is 2.00. The van der Waals surface area contributed by atoms with E-state index in [4.69, 9.17) is 4.74 Å². The number of ether oxygens (including phenoxy) is 1. The Hall–Kier alpha value is -1.94. The normalized spacial score (nSPS) is 20.8. The average Bonchev–Trinajstić information content (AvgIpc) is 2.48. The molecule has 0 bridgehead atoms. The van der Waals surface area contributed by atoms with Crippen LogP contribution in [0, 0.1) is 18.6 Å². The van der Waals surface area contributed by atoms with Gasteiger partial charge < -0.3 is 10.1 Å². The van der Waals surface area contributed by atoms with Gasteiger partial charge in [0.2, 0.25) is 0 Å². The molecule has 2 unspecified atom stereocenters. The molecule has 0 spiro atoms. The third kappa shape index (κ3) is 2.63. The maximum Gasteiger partial charge on any atom is 0.130 e. The molecule has 0 saturated heterocycles. The fourth-order valence-corrected chi connectivity index (χ4v) is 2.82. The lowest BCUT2D eigenvalue weighted by atomic mass is 9.92. The van der Waals surface area contributed by atoms with Gasteiger partial charge in [0.1, 0.15) is 23.5 Å². The van der Waals surface area contributed by atoms with Crippen LogP contribution in [-0.4, -0.2) is 7.05 Å². The molecule has 1 aliphatic rings. The van der Waals surface area contributed by atoms with Gasteiger partial charge in [-0.1, -0.05) is 11.6 Å². The van der Waals surface area contributed by atoms with Crippen LogP contribution in [0.5, 0.6) is 5.75 Å². The van der Waals surface area contributed by atoms with Crippen molar-refractivity contribution in [2.75, 3.05) is 7.05 Å². The van der Waals surface area contributed by atoms with Gasteiger partial charge in [-0.2, -0.15) is 0 Å². The Morgan fingerprint density at radius 2 is 1.90 bits per heavy atom. The minimum atomic E-state index is -0.375. The summed E-state index contributed by atoms with van der Waals surface area (Å²) in [6, 6.07) is 9.38. The fraction of sp³-hybridized carbons (Fsp3) is 0.294. The van der Waals surface area contributed by atoms with Crippen molar-refractivity contribution < 1.29 is 13.5 Å². The van der Waals surface area contributed by atoms with E-state index < -0.39 is 0 Å². The summed E-state index contributed by atoms with van der Waals surface area (Å²) in [5.41, 5.74) is 2.31. The number of halogens is 2. The summed E-state index contributed by atoms with van der Waals surface area (Å²) in [6.45, 7) is 1.92. The van der Waals surface area contributed by atoms with Crippen LogP contribution in [-0.2, 0) is 0 Å². The minimum absolute atomic E-state index is 0.0608. The van der Waals surface area contributed by atoms with Crippen LogP contribution in [0.15, 0.2) is 36.4 Å². The van der Waals surface area contributed by atoms with Crippen LogP contribution in [0.2, 0.25) is 0 Å². The van der Waals surface area contributed by atoms with E-state index in [9.17, 15) is 8.78 Å². The zero-order valence-electron chi connectivity index (χ0n) is 12.0. The average molecular weight is 289 g/mol. The molecule has 1 aliphatic heterocycles. The van der Waals surface area contributed by atoms with Crippen LogP contribution in [0.4, 0.5) is 8.78 Å². The van der Waals surface area contributed by atoms with E-state index in [0.29, 0.717) is 17.7 Å². The number of benzene rings is 2. The van der Waals surface area contributed by atoms with Crippen molar-refractivity contribution in [3.05, 3.63) is 64.7 Å². The van der Waals surface area contributed by atoms with Crippen molar-refractivity contribution >= 4 is 0 Å². The molecule has 0 aromatic heterocycles. The summed E-state index contributed by atoms with van der Waals surface area (Å²) in [7, 11) is 1.81. The topological polar surface area (TPSA) is 21.3 Å². The summed E-state index contributed by atoms with van der Waals surface area (Å²) in [5, 5.41) is 3.15. The second kappa shape index (κ2) is 5.45. The maximum absolute atomic E-state index is 14.1. The van der Waals surface area contributed by atoms with Crippen molar-refractivity contribution in [3.8, 4) is 5.75 Å². The predicted octanol–water partition coefficient (Wildman–Crippen LogP) is 4.06. The van der Waals surface area contributed by atoms with E-state index in [1.54, 1.807) is 18.2 Å².